The molecule has 0 aliphatic heterocycles. The Morgan fingerprint density at radius 2 is 1.45 bits per heavy atom. The predicted molar refractivity (Wildman–Crippen MR) is 206 cm³/mol. The van der Waals surface area contributed by atoms with Gasteiger partial charge in [-0.25, -0.2) is 0 Å². The number of benzene rings is 6. The molecule has 0 saturated heterocycles. The van der Waals surface area contributed by atoms with Gasteiger partial charge >= 0.3 is 0 Å². The second-order valence-electron chi connectivity index (χ2n) is 12.7. The molecule has 2 aromatic heterocycles. The first kappa shape index (κ1) is 29.0. The highest BCUT2D eigenvalue weighted by atomic mass is 16.3. The van der Waals surface area contributed by atoms with Gasteiger partial charge < -0.3 is 25.4 Å². The number of aromatic nitrogens is 1. The lowest BCUT2D eigenvalue weighted by molar-refractivity contribution is 0.670. The SMILES string of the molecule is CNc1c(-c2ccccc2NC2C=CCC/C2=C(/N)c2ccccc2)c2oc3ccccc3c2c2c3ccccc3n(-c3ccccc3)c12. The van der Waals surface area contributed by atoms with Gasteiger partial charge in [-0.05, 0) is 54.3 Å². The van der Waals surface area contributed by atoms with Crippen LogP contribution in [0.25, 0.3) is 66.3 Å². The maximum Gasteiger partial charge on any atom is 0.146 e. The van der Waals surface area contributed by atoms with E-state index in [1.165, 1.54) is 16.3 Å². The van der Waals surface area contributed by atoms with Gasteiger partial charge in [-0.1, -0.05) is 115 Å². The molecule has 0 amide bonds. The summed E-state index contributed by atoms with van der Waals surface area (Å²) >= 11 is 0. The Bertz CT molecular complexity index is 2570. The Morgan fingerprint density at radius 1 is 0.755 bits per heavy atom. The van der Waals surface area contributed by atoms with Crippen LogP contribution in [0.5, 0.6) is 0 Å². The van der Waals surface area contributed by atoms with Crippen molar-refractivity contribution in [3.05, 3.63) is 157 Å². The molecular formula is C44H36N4O. The fourth-order valence-corrected chi connectivity index (χ4v) is 7.75. The first-order valence-electron chi connectivity index (χ1n) is 16.9. The number of allylic oxidation sites excluding steroid dienone is 1. The summed E-state index contributed by atoms with van der Waals surface area (Å²) in [6.07, 6.45) is 6.36. The molecule has 1 unspecified atom stereocenters. The molecule has 4 N–H and O–H groups in total. The van der Waals surface area contributed by atoms with E-state index in [9.17, 15) is 0 Å². The van der Waals surface area contributed by atoms with Crippen molar-refractivity contribution in [3.8, 4) is 16.8 Å². The van der Waals surface area contributed by atoms with Crippen LogP contribution < -0.4 is 16.4 Å². The average Bonchev–Trinajstić information content (AvgIpc) is 3.71. The van der Waals surface area contributed by atoms with E-state index in [0.717, 1.165) is 85.3 Å². The van der Waals surface area contributed by atoms with E-state index < -0.39 is 0 Å². The topological polar surface area (TPSA) is 68.2 Å². The molecule has 1 atom stereocenters. The van der Waals surface area contributed by atoms with Crippen molar-refractivity contribution >= 4 is 60.8 Å². The van der Waals surface area contributed by atoms with Crippen LogP contribution in [0.3, 0.4) is 0 Å². The number of nitrogens with one attached hydrogen (secondary N) is 2. The highest BCUT2D eigenvalue weighted by Crippen LogP contribution is 2.51. The second kappa shape index (κ2) is 11.8. The molecule has 5 heteroatoms. The van der Waals surface area contributed by atoms with Gasteiger partial charge in [0.25, 0.3) is 0 Å². The molecule has 0 radical (unpaired) electrons. The molecule has 0 spiro atoms. The maximum atomic E-state index is 6.89. The number of fused-ring (bicyclic) bond motifs is 7. The fourth-order valence-electron chi connectivity index (χ4n) is 7.75. The third kappa shape index (κ3) is 4.61. The Balaban J connectivity index is 1.36. The van der Waals surface area contributed by atoms with E-state index in [1.807, 2.05) is 31.3 Å². The van der Waals surface area contributed by atoms with Crippen molar-refractivity contribution < 1.29 is 4.42 Å². The van der Waals surface area contributed by atoms with E-state index in [0.29, 0.717) is 0 Å². The van der Waals surface area contributed by atoms with Crippen LogP contribution in [0.15, 0.2) is 156 Å². The van der Waals surface area contributed by atoms with Gasteiger partial charge in [0.05, 0.1) is 28.3 Å². The highest BCUT2D eigenvalue weighted by molar-refractivity contribution is 6.33. The van der Waals surface area contributed by atoms with Crippen LogP contribution in [0.4, 0.5) is 11.4 Å². The molecule has 2 heterocycles. The van der Waals surface area contributed by atoms with Crippen LogP contribution in [-0.2, 0) is 0 Å². The molecule has 8 aromatic rings. The van der Waals surface area contributed by atoms with Crippen LogP contribution in [0, 0.1) is 0 Å². The Hall–Kier alpha value is -6.20. The average molecular weight is 637 g/mol. The van der Waals surface area contributed by atoms with Gasteiger partial charge in [0.15, 0.2) is 0 Å². The van der Waals surface area contributed by atoms with Gasteiger partial charge in [0.1, 0.15) is 11.2 Å². The minimum absolute atomic E-state index is 0.0567. The van der Waals surface area contributed by atoms with Crippen LogP contribution >= 0.6 is 0 Å². The maximum absolute atomic E-state index is 6.89. The lowest BCUT2D eigenvalue weighted by atomic mass is 9.90. The molecule has 9 rings (SSSR count). The molecule has 238 valence electrons. The third-order valence-corrected chi connectivity index (χ3v) is 9.92. The summed E-state index contributed by atoms with van der Waals surface area (Å²) in [7, 11) is 2.01. The summed E-state index contributed by atoms with van der Waals surface area (Å²) in [5, 5.41) is 12.2. The largest absolute Gasteiger partial charge is 0.455 e. The van der Waals surface area contributed by atoms with Crippen molar-refractivity contribution in [2.45, 2.75) is 18.9 Å². The van der Waals surface area contributed by atoms with Gasteiger partial charge in [0.2, 0.25) is 0 Å². The monoisotopic (exact) mass is 636 g/mol. The highest BCUT2D eigenvalue weighted by Gasteiger charge is 2.28. The first-order valence-corrected chi connectivity index (χ1v) is 16.9. The molecule has 1 aliphatic rings. The van der Waals surface area contributed by atoms with Gasteiger partial charge in [-0.15, -0.1) is 0 Å². The van der Waals surface area contributed by atoms with E-state index in [-0.39, 0.29) is 6.04 Å². The summed E-state index contributed by atoms with van der Waals surface area (Å²) in [5.41, 5.74) is 19.2. The zero-order chi connectivity index (χ0) is 32.9. The van der Waals surface area contributed by atoms with E-state index in [4.69, 9.17) is 10.2 Å². The number of nitrogens with two attached hydrogens (primary N) is 1. The minimum Gasteiger partial charge on any atom is -0.455 e. The predicted octanol–water partition coefficient (Wildman–Crippen LogP) is 10.9. The summed E-state index contributed by atoms with van der Waals surface area (Å²) in [4.78, 5) is 0. The Morgan fingerprint density at radius 3 is 2.27 bits per heavy atom. The number of hydrogen-bond donors (Lipinski definition) is 3. The zero-order valence-electron chi connectivity index (χ0n) is 27.3. The smallest absolute Gasteiger partial charge is 0.146 e. The fraction of sp³-hybridized carbons (Fsp3) is 0.0909. The van der Waals surface area contributed by atoms with E-state index >= 15 is 0 Å². The third-order valence-electron chi connectivity index (χ3n) is 9.92. The quantitative estimate of drug-likeness (QED) is 0.159. The number of rotatable bonds is 6. The Kier molecular flexibility index (Phi) is 6.98. The first-order chi connectivity index (χ1) is 24.2. The summed E-state index contributed by atoms with van der Waals surface area (Å²) < 4.78 is 9.29. The van der Waals surface area contributed by atoms with Gasteiger partial charge in [-0.2, -0.15) is 0 Å². The molecule has 5 nitrogen and oxygen atoms in total. The van der Waals surface area contributed by atoms with E-state index in [1.54, 1.807) is 0 Å². The molecule has 0 saturated carbocycles. The molecule has 0 bridgehead atoms. The normalized spacial score (nSPS) is 15.7. The van der Waals surface area contributed by atoms with Crippen molar-refractivity contribution in [1.82, 2.24) is 4.57 Å². The van der Waals surface area contributed by atoms with Crippen molar-refractivity contribution in [3.63, 3.8) is 0 Å². The Labute approximate surface area is 285 Å². The van der Waals surface area contributed by atoms with Crippen molar-refractivity contribution in [1.29, 1.82) is 0 Å². The lowest BCUT2D eigenvalue weighted by Crippen LogP contribution is -2.25. The second-order valence-corrected chi connectivity index (χ2v) is 12.7. The standard InChI is InChI=1S/C44H36N4O/c1-46-42-40(30-20-8-12-24-34(30)47-35-25-13-9-21-31(35)41(45)28-16-4-2-5-17-28)44-39(33-23-11-15-27-37(33)49-44)38-32-22-10-14-26-36(32)48(43(38)42)29-18-6-3-7-19-29/h2-8,10-20,22-27,35,46-47H,9,21,45H2,1H3/b41-31-. The van der Waals surface area contributed by atoms with Gasteiger partial charge in [-0.3, -0.25) is 0 Å². The number of hydrogen-bond acceptors (Lipinski definition) is 4. The number of nitrogens with zero attached hydrogens (tertiary/aromatic N) is 1. The van der Waals surface area contributed by atoms with Crippen molar-refractivity contribution in [2.24, 2.45) is 5.73 Å². The van der Waals surface area contributed by atoms with Crippen LogP contribution in [-0.4, -0.2) is 17.7 Å². The summed E-state index contributed by atoms with van der Waals surface area (Å²) in [5.74, 6) is 0. The van der Waals surface area contributed by atoms with Gasteiger partial charge in [0, 0.05) is 51.2 Å². The number of furan rings is 1. The lowest BCUT2D eigenvalue weighted by Gasteiger charge is -2.27. The molecule has 6 aromatic carbocycles. The molecular weight excluding hydrogens is 601 g/mol. The summed E-state index contributed by atoms with van der Waals surface area (Å²) in [6.45, 7) is 0. The van der Waals surface area contributed by atoms with Crippen molar-refractivity contribution in [2.75, 3.05) is 17.7 Å². The van der Waals surface area contributed by atoms with Crippen LogP contribution in [0.2, 0.25) is 0 Å². The molecule has 1 aliphatic carbocycles. The number of para-hydroxylation sites is 4. The molecule has 0 fully saturated rings. The minimum atomic E-state index is -0.0567. The molecule has 49 heavy (non-hydrogen) atoms. The van der Waals surface area contributed by atoms with Crippen LogP contribution in [0.1, 0.15) is 18.4 Å². The van der Waals surface area contributed by atoms with E-state index in [2.05, 4.69) is 137 Å². The zero-order valence-corrected chi connectivity index (χ0v) is 27.3. The summed E-state index contributed by atoms with van der Waals surface area (Å²) in [6, 6.07) is 46.5. The number of anilines is 2.